The van der Waals surface area contributed by atoms with Crippen LogP contribution in [0.3, 0.4) is 0 Å². The van der Waals surface area contributed by atoms with Gasteiger partial charge >= 0.3 is 5.97 Å². The maximum atomic E-state index is 13.9. The van der Waals surface area contributed by atoms with Gasteiger partial charge in [0.15, 0.2) is 0 Å². The summed E-state index contributed by atoms with van der Waals surface area (Å²) in [6.45, 7) is 0. The number of aromatic hydroxyl groups is 1. The molecule has 0 aromatic heterocycles. The van der Waals surface area contributed by atoms with Crippen LogP contribution in [0.4, 0.5) is 5.69 Å². The van der Waals surface area contributed by atoms with Gasteiger partial charge in [0.25, 0.3) is 10.0 Å². The number of fused-ring (bicyclic) bond motifs is 2. The minimum Gasteiger partial charge on any atom is -0.508 e. The van der Waals surface area contributed by atoms with Gasteiger partial charge in [-0.25, -0.2) is 13.2 Å². The van der Waals surface area contributed by atoms with E-state index < -0.39 is 22.0 Å². The molecule has 0 radical (unpaired) electrons. The number of carbonyl (C=O) groups excluding carboxylic acids is 1. The van der Waals surface area contributed by atoms with Gasteiger partial charge in [0.05, 0.1) is 40.9 Å². The van der Waals surface area contributed by atoms with E-state index in [1.165, 1.54) is 41.7 Å². The lowest BCUT2D eigenvalue weighted by Gasteiger charge is -2.27. The highest BCUT2D eigenvalue weighted by Crippen LogP contribution is 2.45. The number of methoxy groups -OCH3 is 1. The maximum Gasteiger partial charge on any atom is 0.337 e. The molecule has 4 aromatic rings. The van der Waals surface area contributed by atoms with Crippen LogP contribution in [0.2, 0.25) is 0 Å². The average Bonchev–Trinajstić information content (AvgIpc) is 3.27. The molecule has 0 fully saturated rings. The fourth-order valence-electron chi connectivity index (χ4n) is 4.50. The molecule has 5 rings (SSSR count). The predicted octanol–water partition coefficient (Wildman–Crippen LogP) is 4.70. The fourth-order valence-corrected chi connectivity index (χ4v) is 6.17. The lowest BCUT2D eigenvalue weighted by molar-refractivity contribution is 0.0600. The number of nitriles is 1. The Morgan fingerprint density at radius 2 is 1.74 bits per heavy atom. The molecule has 1 aliphatic heterocycles. The normalized spacial score (nSPS) is 15.0. The second-order valence-corrected chi connectivity index (χ2v) is 10.1. The average molecular weight is 485 g/mol. The molecule has 0 amide bonds. The molecule has 7 nitrogen and oxygen atoms in total. The Bertz CT molecular complexity index is 1620. The van der Waals surface area contributed by atoms with Crippen LogP contribution in [0, 0.1) is 11.3 Å². The van der Waals surface area contributed by atoms with E-state index in [4.69, 9.17) is 4.74 Å². The summed E-state index contributed by atoms with van der Waals surface area (Å²) in [6.07, 6.45) is 0.368. The standard InChI is InChI=1S/C27H20N2O5S/c1-34-27(31)19-6-9-24(10-7-19)35(32,33)29-25-11-8-23(30)14-22(25)15-26(29)20-5-4-18-3-2-17(16-28)12-21(18)13-20/h2-14,26,30H,15H2,1H3. The number of ether oxygens (including phenoxy) is 1. The van der Waals surface area contributed by atoms with Crippen LogP contribution in [0.5, 0.6) is 5.75 Å². The summed E-state index contributed by atoms with van der Waals surface area (Å²) in [7, 11) is -2.77. The molecule has 1 aliphatic rings. The first-order valence-corrected chi connectivity index (χ1v) is 12.2. The smallest absolute Gasteiger partial charge is 0.337 e. The number of rotatable bonds is 4. The number of hydrogen-bond acceptors (Lipinski definition) is 6. The third-order valence-electron chi connectivity index (χ3n) is 6.21. The molecule has 1 N–H and O–H groups in total. The van der Waals surface area contributed by atoms with E-state index in [0.29, 0.717) is 23.2 Å². The summed E-state index contributed by atoms with van der Waals surface area (Å²) in [5.41, 5.74) is 2.71. The molecule has 8 heteroatoms. The van der Waals surface area contributed by atoms with E-state index in [1.54, 1.807) is 24.3 Å². The van der Waals surface area contributed by atoms with Gasteiger partial charge < -0.3 is 9.84 Å². The summed E-state index contributed by atoms with van der Waals surface area (Å²) in [6, 6.07) is 22.9. The van der Waals surface area contributed by atoms with E-state index in [-0.39, 0.29) is 16.2 Å². The van der Waals surface area contributed by atoms with Crippen molar-refractivity contribution in [1.82, 2.24) is 0 Å². The summed E-state index contributed by atoms with van der Waals surface area (Å²) in [5, 5.41) is 21.1. The Morgan fingerprint density at radius 3 is 2.46 bits per heavy atom. The van der Waals surface area contributed by atoms with E-state index in [1.807, 2.05) is 24.3 Å². The number of hydrogen-bond donors (Lipinski definition) is 1. The number of sulfonamides is 1. The van der Waals surface area contributed by atoms with Crippen molar-refractivity contribution in [2.45, 2.75) is 17.4 Å². The molecule has 0 bridgehead atoms. The molecule has 0 aliphatic carbocycles. The van der Waals surface area contributed by atoms with Gasteiger partial charge in [-0.1, -0.05) is 18.2 Å². The number of nitrogens with zero attached hydrogens (tertiary/aromatic N) is 2. The van der Waals surface area contributed by atoms with Gasteiger partial charge in [0.1, 0.15) is 5.75 Å². The highest BCUT2D eigenvalue weighted by Gasteiger charge is 2.39. The number of benzene rings is 4. The van der Waals surface area contributed by atoms with Gasteiger partial charge in [-0.05, 0) is 82.6 Å². The van der Waals surface area contributed by atoms with Gasteiger partial charge in [-0.15, -0.1) is 0 Å². The lowest BCUT2D eigenvalue weighted by Crippen LogP contribution is -2.32. The Morgan fingerprint density at radius 1 is 1.00 bits per heavy atom. The first-order valence-electron chi connectivity index (χ1n) is 10.8. The van der Waals surface area contributed by atoms with Crippen molar-refractivity contribution in [1.29, 1.82) is 5.26 Å². The summed E-state index contributed by atoms with van der Waals surface area (Å²) < 4.78 is 33.8. The maximum absolute atomic E-state index is 13.9. The van der Waals surface area contributed by atoms with Gasteiger partial charge in [0.2, 0.25) is 0 Å². The monoisotopic (exact) mass is 484 g/mol. The summed E-state index contributed by atoms with van der Waals surface area (Å²) in [5.74, 6) is -0.497. The van der Waals surface area contributed by atoms with Crippen molar-refractivity contribution in [2.75, 3.05) is 11.4 Å². The zero-order valence-corrected chi connectivity index (χ0v) is 19.5. The van der Waals surface area contributed by atoms with Crippen LogP contribution >= 0.6 is 0 Å². The van der Waals surface area contributed by atoms with Crippen molar-refractivity contribution in [3.8, 4) is 11.8 Å². The van der Waals surface area contributed by atoms with Crippen molar-refractivity contribution in [2.24, 2.45) is 0 Å². The zero-order chi connectivity index (χ0) is 24.7. The molecule has 0 saturated carbocycles. The summed E-state index contributed by atoms with van der Waals surface area (Å²) >= 11 is 0. The number of phenolic OH excluding ortho intramolecular Hbond substituents is 1. The summed E-state index contributed by atoms with van der Waals surface area (Å²) in [4.78, 5) is 11.8. The van der Waals surface area contributed by atoms with Crippen LogP contribution in [0.1, 0.15) is 33.1 Å². The quantitative estimate of drug-likeness (QED) is 0.421. The van der Waals surface area contributed by atoms with E-state index >= 15 is 0 Å². The Hall–Kier alpha value is -4.35. The Labute approximate surface area is 202 Å². The third kappa shape index (κ3) is 3.86. The SMILES string of the molecule is COC(=O)c1ccc(S(=O)(=O)N2c3ccc(O)cc3CC2c2ccc3ccc(C#N)cc3c2)cc1. The van der Waals surface area contributed by atoms with Crippen molar-refractivity contribution in [3.05, 3.63) is 101 Å². The number of carbonyl (C=O) groups is 1. The van der Waals surface area contributed by atoms with Crippen molar-refractivity contribution in [3.63, 3.8) is 0 Å². The molecular formula is C27H20N2O5S. The van der Waals surface area contributed by atoms with Gasteiger partial charge in [-0.2, -0.15) is 5.26 Å². The largest absolute Gasteiger partial charge is 0.508 e. The predicted molar refractivity (Wildman–Crippen MR) is 131 cm³/mol. The number of esters is 1. The molecule has 1 heterocycles. The minimum atomic E-state index is -4.03. The fraction of sp³-hybridized carbons (Fsp3) is 0.111. The van der Waals surface area contributed by atoms with Crippen LogP contribution in [0.15, 0.2) is 83.8 Å². The Kier molecular flexibility index (Phi) is 5.42. The van der Waals surface area contributed by atoms with E-state index in [9.17, 15) is 23.6 Å². The Balaban J connectivity index is 1.63. The van der Waals surface area contributed by atoms with Gasteiger partial charge in [-0.3, -0.25) is 4.31 Å². The molecule has 35 heavy (non-hydrogen) atoms. The lowest BCUT2D eigenvalue weighted by atomic mass is 9.98. The van der Waals surface area contributed by atoms with Crippen LogP contribution in [0.25, 0.3) is 10.8 Å². The van der Waals surface area contributed by atoms with Crippen molar-refractivity contribution >= 4 is 32.5 Å². The first kappa shape index (κ1) is 22.4. The first-order chi connectivity index (χ1) is 16.8. The molecular weight excluding hydrogens is 464 g/mol. The highest BCUT2D eigenvalue weighted by molar-refractivity contribution is 7.92. The molecule has 0 saturated heterocycles. The molecule has 174 valence electrons. The number of phenols is 1. The topological polar surface area (TPSA) is 108 Å². The third-order valence-corrected chi connectivity index (χ3v) is 8.04. The van der Waals surface area contributed by atoms with Crippen LogP contribution in [-0.2, 0) is 21.2 Å². The zero-order valence-electron chi connectivity index (χ0n) is 18.7. The van der Waals surface area contributed by atoms with E-state index in [0.717, 1.165) is 16.3 Å². The molecule has 4 aromatic carbocycles. The second-order valence-electron chi connectivity index (χ2n) is 8.28. The molecule has 1 atom stereocenters. The van der Waals surface area contributed by atoms with Gasteiger partial charge in [0, 0.05) is 6.42 Å². The number of anilines is 1. The second kappa shape index (κ2) is 8.46. The van der Waals surface area contributed by atoms with Crippen molar-refractivity contribution < 1.29 is 23.1 Å². The van der Waals surface area contributed by atoms with E-state index in [2.05, 4.69) is 6.07 Å². The van der Waals surface area contributed by atoms with Crippen LogP contribution in [-0.4, -0.2) is 26.6 Å². The van der Waals surface area contributed by atoms with Crippen LogP contribution < -0.4 is 4.31 Å². The molecule has 0 spiro atoms. The minimum absolute atomic E-state index is 0.0311. The molecule has 1 unspecified atom stereocenters. The highest BCUT2D eigenvalue weighted by atomic mass is 32.2.